The monoisotopic (exact) mass is 358 g/mol. The number of carboxylic acids is 1. The van der Waals surface area contributed by atoms with Crippen LogP contribution in [-0.4, -0.2) is 44.9 Å². The van der Waals surface area contributed by atoms with E-state index in [-0.39, 0.29) is 34.4 Å². The minimum atomic E-state index is -1.61. The summed E-state index contributed by atoms with van der Waals surface area (Å²) in [6, 6.07) is 6.15. The first-order valence-corrected chi connectivity index (χ1v) is 7.89. The van der Waals surface area contributed by atoms with Crippen molar-refractivity contribution in [3.63, 3.8) is 0 Å². The highest BCUT2D eigenvalue weighted by Gasteiger charge is 2.46. The van der Waals surface area contributed by atoms with Gasteiger partial charge in [0, 0.05) is 6.42 Å². The van der Waals surface area contributed by atoms with Crippen LogP contribution in [0.1, 0.15) is 35.2 Å². The second kappa shape index (κ2) is 6.03. The van der Waals surface area contributed by atoms with Gasteiger partial charge in [-0.1, -0.05) is 12.1 Å². The van der Waals surface area contributed by atoms with E-state index in [4.69, 9.17) is 9.84 Å². The zero-order valence-corrected chi connectivity index (χ0v) is 14.2. The summed E-state index contributed by atoms with van der Waals surface area (Å²) in [5.74, 6) is -3.37. The Kier molecular flexibility index (Phi) is 4.12. The standard InChI is InChI=1S/C19H18O7/c1-19(25)8-12(21)16-10(17(19)13(26-2)7-14(22)23)6-9-4-3-5-11(20)15(9)18(16)24/h3-7,17,20,24-25H,8H2,1-2H3,(H,22,23)/b13-7-/t17-,19+/m1/s1. The summed E-state index contributed by atoms with van der Waals surface area (Å²) >= 11 is 0. The first kappa shape index (κ1) is 17.8. The minimum Gasteiger partial charge on any atom is -0.507 e. The van der Waals surface area contributed by atoms with Gasteiger partial charge >= 0.3 is 5.97 Å². The van der Waals surface area contributed by atoms with Gasteiger partial charge in [-0.15, -0.1) is 0 Å². The van der Waals surface area contributed by atoms with Gasteiger partial charge in [0.2, 0.25) is 0 Å². The summed E-state index contributed by atoms with van der Waals surface area (Å²) in [7, 11) is 1.27. The van der Waals surface area contributed by atoms with Gasteiger partial charge in [-0.2, -0.15) is 0 Å². The van der Waals surface area contributed by atoms with Crippen molar-refractivity contribution >= 4 is 22.5 Å². The third-order valence-corrected chi connectivity index (χ3v) is 4.66. The smallest absolute Gasteiger partial charge is 0.331 e. The number of carbonyl (C=O) groups excluding carboxylic acids is 1. The quantitative estimate of drug-likeness (QED) is 0.490. The number of methoxy groups -OCH3 is 1. The molecule has 3 rings (SSSR count). The predicted octanol–water partition coefficient (Wildman–Crippen LogP) is 2.29. The van der Waals surface area contributed by atoms with E-state index in [9.17, 15) is 24.9 Å². The van der Waals surface area contributed by atoms with Crippen LogP contribution in [0.3, 0.4) is 0 Å². The van der Waals surface area contributed by atoms with Gasteiger partial charge in [-0.25, -0.2) is 4.79 Å². The molecular formula is C19H18O7. The molecular weight excluding hydrogens is 340 g/mol. The number of ether oxygens (including phenoxy) is 1. The number of phenolic OH excluding ortho intramolecular Hbond substituents is 2. The number of aliphatic hydroxyl groups is 1. The van der Waals surface area contributed by atoms with Crippen LogP contribution in [0.2, 0.25) is 0 Å². The molecule has 2 aromatic rings. The molecule has 0 heterocycles. The van der Waals surface area contributed by atoms with Crippen molar-refractivity contribution < 1.29 is 34.8 Å². The van der Waals surface area contributed by atoms with E-state index >= 15 is 0 Å². The number of aliphatic carboxylic acids is 1. The molecule has 4 N–H and O–H groups in total. The molecule has 1 aliphatic carbocycles. The summed E-state index contributed by atoms with van der Waals surface area (Å²) in [6.45, 7) is 1.41. The highest BCUT2D eigenvalue weighted by molar-refractivity contribution is 6.09. The van der Waals surface area contributed by atoms with E-state index in [0.29, 0.717) is 5.39 Å². The van der Waals surface area contributed by atoms with Crippen molar-refractivity contribution in [2.24, 2.45) is 0 Å². The van der Waals surface area contributed by atoms with E-state index in [0.717, 1.165) is 6.08 Å². The Hall–Kier alpha value is -3.06. The Morgan fingerprint density at radius 2 is 2.04 bits per heavy atom. The van der Waals surface area contributed by atoms with Crippen molar-refractivity contribution in [1.29, 1.82) is 0 Å². The number of rotatable bonds is 3. The van der Waals surface area contributed by atoms with Gasteiger partial charge in [0.25, 0.3) is 0 Å². The second-order valence-corrected chi connectivity index (χ2v) is 6.54. The first-order valence-electron chi connectivity index (χ1n) is 7.89. The third-order valence-electron chi connectivity index (χ3n) is 4.66. The average Bonchev–Trinajstić information content (AvgIpc) is 2.51. The lowest BCUT2D eigenvalue weighted by Gasteiger charge is -2.38. The summed E-state index contributed by atoms with van der Waals surface area (Å²) in [4.78, 5) is 23.7. The zero-order chi connectivity index (χ0) is 19.2. The molecule has 136 valence electrons. The van der Waals surface area contributed by atoms with E-state index in [1.54, 1.807) is 18.2 Å². The minimum absolute atomic E-state index is 0.0462. The maximum atomic E-state index is 12.6. The summed E-state index contributed by atoms with van der Waals surface area (Å²) in [5.41, 5.74) is -1.42. The van der Waals surface area contributed by atoms with Gasteiger partial charge in [-0.05, 0) is 30.0 Å². The van der Waals surface area contributed by atoms with Gasteiger partial charge < -0.3 is 25.2 Å². The molecule has 2 aromatic carbocycles. The molecule has 0 aromatic heterocycles. The van der Waals surface area contributed by atoms with Gasteiger partial charge in [0.1, 0.15) is 17.3 Å². The molecule has 0 saturated carbocycles. The molecule has 0 bridgehead atoms. The number of hydrogen-bond donors (Lipinski definition) is 4. The third kappa shape index (κ3) is 2.66. The van der Waals surface area contributed by atoms with Crippen LogP contribution in [0.4, 0.5) is 0 Å². The van der Waals surface area contributed by atoms with Crippen molar-refractivity contribution in [3.05, 3.63) is 47.2 Å². The summed E-state index contributed by atoms with van der Waals surface area (Å²) < 4.78 is 5.18. The van der Waals surface area contributed by atoms with E-state index in [1.165, 1.54) is 20.1 Å². The number of carboxylic acid groups (broad SMARTS) is 1. The molecule has 26 heavy (non-hydrogen) atoms. The Morgan fingerprint density at radius 1 is 1.35 bits per heavy atom. The highest BCUT2D eigenvalue weighted by Crippen LogP contribution is 2.49. The van der Waals surface area contributed by atoms with E-state index in [2.05, 4.69) is 0 Å². The van der Waals surface area contributed by atoms with Crippen LogP contribution in [0.5, 0.6) is 11.5 Å². The lowest BCUT2D eigenvalue weighted by Crippen LogP contribution is -2.41. The molecule has 1 aliphatic rings. The van der Waals surface area contributed by atoms with Gasteiger partial charge in [0.05, 0.1) is 35.7 Å². The van der Waals surface area contributed by atoms with Crippen LogP contribution in [0.25, 0.3) is 10.8 Å². The highest BCUT2D eigenvalue weighted by atomic mass is 16.5. The molecule has 0 saturated heterocycles. The van der Waals surface area contributed by atoms with Gasteiger partial charge in [0.15, 0.2) is 5.78 Å². The number of Topliss-reactive ketones (excluding diaryl/α,β-unsaturated/α-hetero) is 1. The lowest BCUT2D eigenvalue weighted by molar-refractivity contribution is -0.131. The molecule has 0 amide bonds. The van der Waals surface area contributed by atoms with Crippen LogP contribution in [0, 0.1) is 0 Å². The summed E-state index contributed by atoms with van der Waals surface area (Å²) in [5, 5.41) is 41.2. The average molecular weight is 358 g/mol. The largest absolute Gasteiger partial charge is 0.507 e. The topological polar surface area (TPSA) is 124 Å². The number of aromatic hydroxyl groups is 2. The Bertz CT molecular complexity index is 956. The zero-order valence-electron chi connectivity index (χ0n) is 14.2. The fourth-order valence-corrected chi connectivity index (χ4v) is 3.65. The number of ketones is 1. The molecule has 0 unspecified atom stereocenters. The van der Waals surface area contributed by atoms with Gasteiger partial charge in [-0.3, -0.25) is 4.79 Å². The second-order valence-electron chi connectivity index (χ2n) is 6.54. The van der Waals surface area contributed by atoms with Crippen molar-refractivity contribution in [3.8, 4) is 11.5 Å². The molecule has 2 atom stereocenters. The molecule has 0 aliphatic heterocycles. The van der Waals surface area contributed by atoms with Crippen LogP contribution < -0.4 is 0 Å². The Morgan fingerprint density at radius 3 is 2.65 bits per heavy atom. The van der Waals surface area contributed by atoms with Crippen LogP contribution in [-0.2, 0) is 9.53 Å². The number of benzene rings is 2. The molecule has 0 fully saturated rings. The SMILES string of the molecule is CO/C(=C\C(=O)O)[C@H]1c2cc3cccc(O)c3c(O)c2C(=O)C[C@]1(C)O. The summed E-state index contributed by atoms with van der Waals surface area (Å²) in [6.07, 6.45) is 0.486. The predicted molar refractivity (Wildman–Crippen MR) is 92.3 cm³/mol. The maximum Gasteiger partial charge on any atom is 0.331 e. The number of fused-ring (bicyclic) bond motifs is 2. The molecule has 7 heteroatoms. The molecule has 0 spiro atoms. The fourth-order valence-electron chi connectivity index (χ4n) is 3.65. The lowest BCUT2D eigenvalue weighted by atomic mass is 9.70. The molecule has 7 nitrogen and oxygen atoms in total. The normalized spacial score (nSPS) is 23.0. The number of phenols is 2. The van der Waals surface area contributed by atoms with Crippen molar-refractivity contribution in [2.75, 3.05) is 7.11 Å². The first-order chi connectivity index (χ1) is 12.2. The fraction of sp³-hybridized carbons (Fsp3) is 0.263. The van der Waals surface area contributed by atoms with E-state index < -0.39 is 29.0 Å². The Balaban J connectivity index is 2.39. The Labute approximate surface area is 148 Å². The van der Waals surface area contributed by atoms with Crippen LogP contribution in [0.15, 0.2) is 36.1 Å². The van der Waals surface area contributed by atoms with Crippen LogP contribution >= 0.6 is 0 Å². The number of carbonyl (C=O) groups is 2. The maximum absolute atomic E-state index is 12.6. The number of hydrogen-bond acceptors (Lipinski definition) is 6. The van der Waals surface area contributed by atoms with Crippen molar-refractivity contribution in [1.82, 2.24) is 0 Å². The molecule has 0 radical (unpaired) electrons. The van der Waals surface area contributed by atoms with Crippen molar-refractivity contribution in [2.45, 2.75) is 24.9 Å². The van der Waals surface area contributed by atoms with E-state index in [1.807, 2.05) is 0 Å².